The van der Waals surface area contributed by atoms with Gasteiger partial charge in [-0.1, -0.05) is 0 Å². The Kier molecular flexibility index (Phi) is 6.14. The van der Waals surface area contributed by atoms with Gasteiger partial charge < -0.3 is 9.47 Å². The van der Waals surface area contributed by atoms with Crippen molar-refractivity contribution >= 4 is 15.9 Å². The van der Waals surface area contributed by atoms with Gasteiger partial charge in [0.1, 0.15) is 5.82 Å². The van der Waals surface area contributed by atoms with Gasteiger partial charge in [-0.3, -0.25) is 4.79 Å². The third-order valence-corrected chi connectivity index (χ3v) is 7.34. The second-order valence-electron chi connectivity index (χ2n) is 7.75. The number of aromatic nitrogens is 1. The molecule has 0 aliphatic carbocycles. The van der Waals surface area contributed by atoms with Crippen LogP contribution in [-0.4, -0.2) is 54.3 Å². The van der Waals surface area contributed by atoms with E-state index in [1.54, 1.807) is 4.90 Å². The van der Waals surface area contributed by atoms with Crippen molar-refractivity contribution < 1.29 is 17.6 Å². The molecule has 0 atom stereocenters. The van der Waals surface area contributed by atoms with Crippen LogP contribution in [0.2, 0.25) is 0 Å². The number of sulfonamides is 1. The standard InChI is InChI=1S/C21H28FN3O3S/c1-15(2)25-16(3)14-20(17(25)4)21(26)23-10-5-11-24(13-12-23)29(27,28)19-8-6-18(22)7-9-19/h6-9,14-15H,5,10-13H2,1-4H3. The molecule has 0 unspecified atom stereocenters. The third-order valence-electron chi connectivity index (χ3n) is 5.42. The van der Waals surface area contributed by atoms with Gasteiger partial charge in [0.05, 0.1) is 10.5 Å². The number of amides is 1. The Labute approximate surface area is 172 Å². The van der Waals surface area contributed by atoms with Crippen LogP contribution in [0.3, 0.4) is 0 Å². The van der Waals surface area contributed by atoms with Gasteiger partial charge in [0, 0.05) is 43.6 Å². The first-order chi connectivity index (χ1) is 13.6. The minimum atomic E-state index is -3.71. The highest BCUT2D eigenvalue weighted by atomic mass is 32.2. The smallest absolute Gasteiger partial charge is 0.255 e. The van der Waals surface area contributed by atoms with Gasteiger partial charge in [0.2, 0.25) is 10.0 Å². The van der Waals surface area contributed by atoms with E-state index in [0.29, 0.717) is 31.6 Å². The quantitative estimate of drug-likeness (QED) is 0.761. The molecule has 6 nitrogen and oxygen atoms in total. The molecule has 0 spiro atoms. The zero-order chi connectivity index (χ0) is 21.3. The lowest BCUT2D eigenvalue weighted by Crippen LogP contribution is -2.37. The molecule has 0 bridgehead atoms. The van der Waals surface area contributed by atoms with Gasteiger partial charge in [-0.25, -0.2) is 12.8 Å². The molecule has 158 valence electrons. The van der Waals surface area contributed by atoms with Crippen molar-refractivity contribution in [3.63, 3.8) is 0 Å². The van der Waals surface area contributed by atoms with E-state index in [4.69, 9.17) is 0 Å². The summed E-state index contributed by atoms with van der Waals surface area (Å²) in [6, 6.07) is 7.02. The lowest BCUT2D eigenvalue weighted by atomic mass is 10.2. The Morgan fingerprint density at radius 2 is 1.69 bits per heavy atom. The molecule has 0 radical (unpaired) electrons. The van der Waals surface area contributed by atoms with Crippen LogP contribution in [0.5, 0.6) is 0 Å². The van der Waals surface area contributed by atoms with E-state index in [0.717, 1.165) is 23.5 Å². The van der Waals surface area contributed by atoms with E-state index in [-0.39, 0.29) is 23.4 Å². The normalized spacial score (nSPS) is 16.3. The van der Waals surface area contributed by atoms with Gasteiger partial charge in [0.25, 0.3) is 5.91 Å². The van der Waals surface area contributed by atoms with Crippen LogP contribution in [0.25, 0.3) is 0 Å². The molecule has 1 fully saturated rings. The summed E-state index contributed by atoms with van der Waals surface area (Å²) >= 11 is 0. The molecule has 29 heavy (non-hydrogen) atoms. The van der Waals surface area contributed by atoms with Crippen molar-refractivity contribution in [2.75, 3.05) is 26.2 Å². The molecule has 1 aliphatic rings. The number of rotatable bonds is 4. The number of aryl methyl sites for hydroxylation is 1. The fraction of sp³-hybridized carbons (Fsp3) is 0.476. The summed E-state index contributed by atoms with van der Waals surface area (Å²) in [4.78, 5) is 14.9. The van der Waals surface area contributed by atoms with E-state index in [9.17, 15) is 17.6 Å². The number of nitrogens with zero attached hydrogens (tertiary/aromatic N) is 3. The molecule has 0 saturated carbocycles. The molecule has 3 rings (SSSR count). The lowest BCUT2D eigenvalue weighted by Gasteiger charge is -2.22. The largest absolute Gasteiger partial charge is 0.346 e. The monoisotopic (exact) mass is 421 g/mol. The summed E-state index contributed by atoms with van der Waals surface area (Å²) in [5.74, 6) is -0.540. The lowest BCUT2D eigenvalue weighted by molar-refractivity contribution is 0.0763. The first kappa shape index (κ1) is 21.5. The Balaban J connectivity index is 1.77. The molecular formula is C21H28FN3O3S. The van der Waals surface area contributed by atoms with Crippen molar-refractivity contribution in [1.29, 1.82) is 0 Å². The van der Waals surface area contributed by atoms with Crippen LogP contribution < -0.4 is 0 Å². The summed E-state index contributed by atoms with van der Waals surface area (Å²) in [6.07, 6.45) is 0.551. The minimum absolute atomic E-state index is 0.0639. The van der Waals surface area contributed by atoms with Crippen LogP contribution in [0.4, 0.5) is 4.39 Å². The van der Waals surface area contributed by atoms with Gasteiger partial charge in [-0.2, -0.15) is 4.31 Å². The van der Waals surface area contributed by atoms with E-state index in [1.165, 1.54) is 16.4 Å². The molecule has 1 saturated heterocycles. The maximum atomic E-state index is 13.1. The number of carbonyl (C=O) groups excluding carboxylic acids is 1. The van der Waals surface area contributed by atoms with Crippen molar-refractivity contribution in [1.82, 2.24) is 13.8 Å². The minimum Gasteiger partial charge on any atom is -0.346 e. The van der Waals surface area contributed by atoms with Crippen LogP contribution in [0, 0.1) is 19.7 Å². The van der Waals surface area contributed by atoms with Crippen LogP contribution in [-0.2, 0) is 10.0 Å². The Hall–Kier alpha value is -2.19. The molecular weight excluding hydrogens is 393 g/mol. The molecule has 1 aromatic heterocycles. The second kappa shape index (κ2) is 8.28. The number of halogens is 1. The van der Waals surface area contributed by atoms with E-state index < -0.39 is 15.8 Å². The van der Waals surface area contributed by atoms with Gasteiger partial charge in [-0.05, 0) is 64.4 Å². The predicted molar refractivity (Wildman–Crippen MR) is 110 cm³/mol. The maximum absolute atomic E-state index is 13.1. The molecule has 2 heterocycles. The summed E-state index contributed by atoms with van der Waals surface area (Å²) in [6.45, 7) is 9.47. The Morgan fingerprint density at radius 3 is 2.28 bits per heavy atom. The zero-order valence-corrected chi connectivity index (χ0v) is 18.2. The first-order valence-corrected chi connectivity index (χ1v) is 11.3. The fourth-order valence-corrected chi connectivity index (χ4v) is 5.52. The highest BCUT2D eigenvalue weighted by molar-refractivity contribution is 7.89. The molecule has 1 amide bonds. The average Bonchev–Trinajstić information content (AvgIpc) is 2.84. The summed E-state index contributed by atoms with van der Waals surface area (Å²) < 4.78 is 42.4. The topological polar surface area (TPSA) is 62.6 Å². The van der Waals surface area contributed by atoms with Crippen LogP contribution >= 0.6 is 0 Å². The molecule has 1 aliphatic heterocycles. The molecule has 8 heteroatoms. The van der Waals surface area contributed by atoms with Gasteiger partial charge in [0.15, 0.2) is 0 Å². The SMILES string of the molecule is Cc1cc(C(=O)N2CCCN(S(=O)(=O)c3ccc(F)cc3)CC2)c(C)n1C(C)C. The Morgan fingerprint density at radius 1 is 1.03 bits per heavy atom. The maximum Gasteiger partial charge on any atom is 0.255 e. The predicted octanol–water partition coefficient (Wildman–Crippen LogP) is 3.36. The van der Waals surface area contributed by atoms with E-state index in [1.807, 2.05) is 19.9 Å². The number of hydrogen-bond acceptors (Lipinski definition) is 3. The van der Waals surface area contributed by atoms with Crippen LogP contribution in [0.15, 0.2) is 35.2 Å². The summed E-state index contributed by atoms with van der Waals surface area (Å²) in [5.41, 5.74) is 2.64. The van der Waals surface area contributed by atoms with Crippen molar-refractivity contribution in [2.24, 2.45) is 0 Å². The van der Waals surface area contributed by atoms with Crippen molar-refractivity contribution in [3.8, 4) is 0 Å². The number of hydrogen-bond donors (Lipinski definition) is 0. The zero-order valence-electron chi connectivity index (χ0n) is 17.4. The third kappa shape index (κ3) is 4.23. The molecule has 0 N–H and O–H groups in total. The summed E-state index contributed by atoms with van der Waals surface area (Å²) in [7, 11) is -3.71. The first-order valence-electron chi connectivity index (χ1n) is 9.86. The van der Waals surface area contributed by atoms with Crippen molar-refractivity contribution in [3.05, 3.63) is 53.1 Å². The molecule has 2 aromatic rings. The summed E-state index contributed by atoms with van der Waals surface area (Å²) in [5, 5.41) is 0. The van der Waals surface area contributed by atoms with Gasteiger partial charge >= 0.3 is 0 Å². The molecule has 1 aromatic carbocycles. The van der Waals surface area contributed by atoms with E-state index >= 15 is 0 Å². The highest BCUT2D eigenvalue weighted by Gasteiger charge is 2.29. The second-order valence-corrected chi connectivity index (χ2v) is 9.69. The Bertz CT molecular complexity index is 997. The van der Waals surface area contributed by atoms with Crippen molar-refractivity contribution in [2.45, 2.75) is 45.1 Å². The van der Waals surface area contributed by atoms with Crippen LogP contribution in [0.1, 0.15) is 48.1 Å². The number of benzene rings is 1. The highest BCUT2D eigenvalue weighted by Crippen LogP contribution is 2.23. The average molecular weight is 422 g/mol. The van der Waals surface area contributed by atoms with E-state index in [2.05, 4.69) is 18.4 Å². The van der Waals surface area contributed by atoms with Gasteiger partial charge in [-0.15, -0.1) is 0 Å². The number of carbonyl (C=O) groups is 1. The fourth-order valence-electron chi connectivity index (χ4n) is 4.05.